The van der Waals surface area contributed by atoms with Crippen molar-refractivity contribution in [2.45, 2.75) is 23.7 Å². The maximum atomic E-state index is 10.7. The monoisotopic (exact) mass is 195 g/mol. The van der Waals surface area contributed by atoms with Crippen molar-refractivity contribution in [1.82, 2.24) is 4.98 Å². The van der Waals surface area contributed by atoms with Crippen LogP contribution in [0, 0.1) is 0 Å². The molecule has 0 saturated heterocycles. The van der Waals surface area contributed by atoms with Crippen LogP contribution in [0.4, 0.5) is 0 Å². The minimum absolute atomic E-state index is 0.0627. The summed E-state index contributed by atoms with van der Waals surface area (Å²) in [7, 11) is 0. The highest BCUT2D eigenvalue weighted by molar-refractivity contribution is 7.80. The van der Waals surface area contributed by atoms with Crippen molar-refractivity contribution in [2.24, 2.45) is 0 Å². The van der Waals surface area contributed by atoms with Crippen LogP contribution in [0.2, 0.25) is 0 Å². The average molecular weight is 195 g/mol. The molecule has 0 aliphatic heterocycles. The number of nitrogens with zero attached hydrogens (tertiary/aromatic N) is 1. The van der Waals surface area contributed by atoms with E-state index in [1.54, 1.807) is 6.07 Å². The van der Waals surface area contributed by atoms with Gasteiger partial charge in [0, 0.05) is 16.5 Å². The van der Waals surface area contributed by atoms with E-state index in [2.05, 4.69) is 17.6 Å². The van der Waals surface area contributed by atoms with Gasteiger partial charge in [-0.2, -0.15) is 0 Å². The van der Waals surface area contributed by atoms with Crippen LogP contribution in [-0.4, -0.2) is 16.1 Å². The van der Waals surface area contributed by atoms with Crippen molar-refractivity contribution < 1.29 is 9.90 Å². The van der Waals surface area contributed by atoms with Crippen LogP contribution >= 0.6 is 12.6 Å². The summed E-state index contributed by atoms with van der Waals surface area (Å²) < 4.78 is 0. The van der Waals surface area contributed by atoms with E-state index in [0.717, 1.165) is 18.5 Å². The molecule has 1 saturated carbocycles. The van der Waals surface area contributed by atoms with Gasteiger partial charge in [-0.15, -0.1) is 12.6 Å². The fourth-order valence-corrected chi connectivity index (χ4v) is 1.45. The van der Waals surface area contributed by atoms with Crippen molar-refractivity contribution in [3.8, 4) is 0 Å². The third-order valence-electron chi connectivity index (χ3n) is 2.09. The Morgan fingerprint density at radius 1 is 1.54 bits per heavy atom. The minimum atomic E-state index is -1.01. The van der Waals surface area contributed by atoms with Gasteiger partial charge in [0.15, 0.2) is 5.69 Å². The summed E-state index contributed by atoms with van der Waals surface area (Å²) in [6.07, 6.45) is 2.25. The van der Waals surface area contributed by atoms with Crippen LogP contribution in [0.3, 0.4) is 0 Å². The Kier molecular flexibility index (Phi) is 2.00. The summed E-state index contributed by atoms with van der Waals surface area (Å²) in [5, 5.41) is 8.78. The summed E-state index contributed by atoms with van der Waals surface area (Å²) in [4.78, 5) is 15.2. The molecule has 0 radical (unpaired) electrons. The molecule has 2 rings (SSSR count). The zero-order valence-electron chi connectivity index (χ0n) is 6.90. The molecule has 1 N–H and O–H groups in total. The predicted octanol–water partition coefficient (Wildman–Crippen LogP) is 1.95. The lowest BCUT2D eigenvalue weighted by atomic mass is 10.2. The number of aromatic nitrogens is 1. The molecular formula is C9H9NO2S. The Labute approximate surface area is 81.2 Å². The van der Waals surface area contributed by atoms with Gasteiger partial charge < -0.3 is 5.11 Å². The zero-order valence-corrected chi connectivity index (χ0v) is 7.79. The molecule has 0 unspecified atom stereocenters. The topological polar surface area (TPSA) is 50.2 Å². The van der Waals surface area contributed by atoms with Gasteiger partial charge in [0.05, 0.1) is 0 Å². The van der Waals surface area contributed by atoms with Gasteiger partial charge in [-0.05, 0) is 25.0 Å². The molecule has 68 valence electrons. The summed E-state index contributed by atoms with van der Waals surface area (Å²) in [6.45, 7) is 0. The van der Waals surface area contributed by atoms with E-state index >= 15 is 0 Å². The standard InChI is InChI=1S/C9H9NO2S/c11-9(12)8-7(13)4-3-6(10-8)5-1-2-5/h3-5,13H,1-2H2,(H,11,12). The first-order chi connectivity index (χ1) is 6.18. The first-order valence-corrected chi connectivity index (χ1v) is 4.56. The lowest BCUT2D eigenvalue weighted by molar-refractivity contribution is 0.0686. The van der Waals surface area contributed by atoms with Crippen LogP contribution in [-0.2, 0) is 0 Å². The highest BCUT2D eigenvalue weighted by Gasteiger charge is 2.26. The maximum absolute atomic E-state index is 10.7. The number of carbonyl (C=O) groups is 1. The van der Waals surface area contributed by atoms with Gasteiger partial charge in [0.25, 0.3) is 0 Å². The Morgan fingerprint density at radius 3 is 2.77 bits per heavy atom. The van der Waals surface area contributed by atoms with Crippen molar-refractivity contribution in [3.05, 3.63) is 23.5 Å². The van der Waals surface area contributed by atoms with Crippen LogP contribution in [0.1, 0.15) is 34.9 Å². The molecule has 1 aromatic rings. The minimum Gasteiger partial charge on any atom is -0.476 e. The van der Waals surface area contributed by atoms with Crippen molar-refractivity contribution in [1.29, 1.82) is 0 Å². The van der Waals surface area contributed by atoms with Crippen LogP contribution in [0.25, 0.3) is 0 Å². The SMILES string of the molecule is O=C(O)c1nc(C2CC2)ccc1S. The van der Waals surface area contributed by atoms with E-state index < -0.39 is 5.97 Å². The van der Waals surface area contributed by atoms with Gasteiger partial charge in [0.2, 0.25) is 0 Å². The molecule has 1 aliphatic carbocycles. The molecule has 0 aromatic carbocycles. The number of hydrogen-bond donors (Lipinski definition) is 2. The number of hydrogen-bond acceptors (Lipinski definition) is 3. The van der Waals surface area contributed by atoms with E-state index in [1.165, 1.54) is 0 Å². The zero-order chi connectivity index (χ0) is 9.42. The smallest absolute Gasteiger partial charge is 0.355 e. The Bertz CT molecular complexity index is 361. The number of carboxylic acids is 1. The molecular weight excluding hydrogens is 186 g/mol. The third kappa shape index (κ3) is 1.67. The second kappa shape index (κ2) is 3.03. The summed E-state index contributed by atoms with van der Waals surface area (Å²) in [5.41, 5.74) is 0.947. The van der Waals surface area contributed by atoms with Crippen molar-refractivity contribution in [2.75, 3.05) is 0 Å². The number of aromatic carboxylic acids is 1. The molecule has 13 heavy (non-hydrogen) atoms. The van der Waals surface area contributed by atoms with E-state index in [-0.39, 0.29) is 5.69 Å². The summed E-state index contributed by atoms with van der Waals surface area (Å²) in [5.74, 6) is -0.528. The number of thiol groups is 1. The Morgan fingerprint density at radius 2 is 2.23 bits per heavy atom. The van der Waals surface area contributed by atoms with E-state index in [0.29, 0.717) is 10.8 Å². The van der Waals surface area contributed by atoms with Gasteiger partial charge in [-0.25, -0.2) is 9.78 Å². The molecule has 4 heteroatoms. The first kappa shape index (κ1) is 8.56. The summed E-state index contributed by atoms with van der Waals surface area (Å²) in [6, 6.07) is 3.56. The van der Waals surface area contributed by atoms with Crippen LogP contribution in [0.5, 0.6) is 0 Å². The lowest BCUT2D eigenvalue weighted by Gasteiger charge is -2.01. The van der Waals surface area contributed by atoms with Crippen molar-refractivity contribution >= 4 is 18.6 Å². The number of carboxylic acid groups (broad SMARTS) is 1. The predicted molar refractivity (Wildman–Crippen MR) is 50.4 cm³/mol. The van der Waals surface area contributed by atoms with Gasteiger partial charge in [-0.1, -0.05) is 0 Å². The highest BCUT2D eigenvalue weighted by atomic mass is 32.1. The second-order valence-corrected chi connectivity index (χ2v) is 3.67. The molecule has 0 spiro atoms. The fourth-order valence-electron chi connectivity index (χ4n) is 1.23. The van der Waals surface area contributed by atoms with Gasteiger partial charge in [0.1, 0.15) is 0 Å². The number of rotatable bonds is 2. The first-order valence-electron chi connectivity index (χ1n) is 4.11. The molecule has 0 atom stereocenters. The molecule has 0 bridgehead atoms. The van der Waals surface area contributed by atoms with Gasteiger partial charge >= 0.3 is 5.97 Å². The highest BCUT2D eigenvalue weighted by Crippen LogP contribution is 2.39. The third-order valence-corrected chi connectivity index (χ3v) is 2.45. The quantitative estimate of drug-likeness (QED) is 0.709. The molecule has 1 aromatic heterocycles. The molecule has 0 amide bonds. The Hall–Kier alpha value is -1.03. The van der Waals surface area contributed by atoms with Gasteiger partial charge in [-0.3, -0.25) is 0 Å². The van der Waals surface area contributed by atoms with Crippen molar-refractivity contribution in [3.63, 3.8) is 0 Å². The maximum Gasteiger partial charge on any atom is 0.355 e. The largest absolute Gasteiger partial charge is 0.476 e. The van der Waals surface area contributed by atoms with E-state index in [1.807, 2.05) is 6.07 Å². The molecule has 1 aliphatic rings. The van der Waals surface area contributed by atoms with Crippen LogP contribution in [0.15, 0.2) is 17.0 Å². The van der Waals surface area contributed by atoms with Crippen LogP contribution < -0.4 is 0 Å². The summed E-state index contributed by atoms with van der Waals surface area (Å²) >= 11 is 4.03. The molecule has 1 fully saturated rings. The lowest BCUT2D eigenvalue weighted by Crippen LogP contribution is -2.03. The van der Waals surface area contributed by atoms with E-state index in [4.69, 9.17) is 5.11 Å². The second-order valence-electron chi connectivity index (χ2n) is 3.18. The normalized spacial score (nSPS) is 15.8. The number of pyridine rings is 1. The Balaban J connectivity index is 2.41. The molecule has 1 heterocycles. The fraction of sp³-hybridized carbons (Fsp3) is 0.333. The average Bonchev–Trinajstić information content (AvgIpc) is 2.87. The van der Waals surface area contributed by atoms with E-state index in [9.17, 15) is 4.79 Å². The molecule has 3 nitrogen and oxygen atoms in total.